The zero-order valence-electron chi connectivity index (χ0n) is 10.0. The molecule has 0 radical (unpaired) electrons. The van der Waals surface area contributed by atoms with Crippen molar-refractivity contribution >= 4 is 0 Å². The SMILES string of the molecule is COc1cc(C[C@H]2CCNC2)cc(C(F)(F)F)n1. The maximum absolute atomic E-state index is 12.7. The molecule has 1 aromatic heterocycles. The lowest BCUT2D eigenvalue weighted by Gasteiger charge is -2.12. The molecule has 1 aromatic rings. The first kappa shape index (κ1) is 13.1. The second-order valence-corrected chi connectivity index (χ2v) is 4.46. The highest BCUT2D eigenvalue weighted by atomic mass is 19.4. The summed E-state index contributed by atoms with van der Waals surface area (Å²) >= 11 is 0. The molecule has 2 heterocycles. The number of ether oxygens (including phenoxy) is 1. The van der Waals surface area contributed by atoms with Crippen LogP contribution in [0.4, 0.5) is 13.2 Å². The minimum Gasteiger partial charge on any atom is -0.481 e. The number of aromatic nitrogens is 1. The van der Waals surface area contributed by atoms with E-state index >= 15 is 0 Å². The first-order chi connectivity index (χ1) is 8.49. The van der Waals surface area contributed by atoms with Gasteiger partial charge in [0.2, 0.25) is 5.88 Å². The predicted octanol–water partition coefficient (Wildman–Crippen LogP) is 2.26. The summed E-state index contributed by atoms with van der Waals surface area (Å²) in [5.74, 6) is 0.406. The van der Waals surface area contributed by atoms with Gasteiger partial charge >= 0.3 is 6.18 Å². The Hall–Kier alpha value is -1.30. The number of nitrogens with one attached hydrogen (secondary N) is 1. The second-order valence-electron chi connectivity index (χ2n) is 4.46. The monoisotopic (exact) mass is 260 g/mol. The van der Waals surface area contributed by atoms with Crippen molar-refractivity contribution in [3.05, 3.63) is 23.4 Å². The molecule has 6 heteroatoms. The third kappa shape index (κ3) is 3.13. The van der Waals surface area contributed by atoms with Crippen molar-refractivity contribution < 1.29 is 17.9 Å². The van der Waals surface area contributed by atoms with Crippen LogP contribution < -0.4 is 10.1 Å². The van der Waals surface area contributed by atoms with Crippen LogP contribution in [-0.4, -0.2) is 25.2 Å². The van der Waals surface area contributed by atoms with Gasteiger partial charge in [0.25, 0.3) is 0 Å². The molecule has 1 N–H and O–H groups in total. The summed E-state index contributed by atoms with van der Waals surface area (Å²) in [6, 6.07) is 2.69. The highest BCUT2D eigenvalue weighted by Crippen LogP contribution is 2.30. The van der Waals surface area contributed by atoms with Crippen LogP contribution in [0.15, 0.2) is 12.1 Å². The molecule has 3 nitrogen and oxygen atoms in total. The molecule has 0 aliphatic carbocycles. The molecule has 2 rings (SSSR count). The Bertz CT molecular complexity index is 414. The maximum Gasteiger partial charge on any atom is 0.433 e. The van der Waals surface area contributed by atoms with E-state index in [0.29, 0.717) is 17.9 Å². The van der Waals surface area contributed by atoms with Crippen molar-refractivity contribution in [2.24, 2.45) is 5.92 Å². The number of pyridine rings is 1. The number of hydrogen-bond acceptors (Lipinski definition) is 3. The van der Waals surface area contributed by atoms with Gasteiger partial charge in [0.1, 0.15) is 5.69 Å². The topological polar surface area (TPSA) is 34.1 Å². The molecule has 0 spiro atoms. The van der Waals surface area contributed by atoms with Gasteiger partial charge in [0, 0.05) is 6.07 Å². The average molecular weight is 260 g/mol. The van der Waals surface area contributed by atoms with Gasteiger partial charge in [-0.1, -0.05) is 0 Å². The van der Waals surface area contributed by atoms with Gasteiger partial charge in [-0.05, 0) is 43.5 Å². The van der Waals surface area contributed by atoms with Crippen LogP contribution in [0.1, 0.15) is 17.7 Å². The van der Waals surface area contributed by atoms with Gasteiger partial charge < -0.3 is 10.1 Å². The maximum atomic E-state index is 12.7. The molecule has 18 heavy (non-hydrogen) atoms. The molecule has 1 aliphatic rings. The van der Waals surface area contributed by atoms with Crippen molar-refractivity contribution in [3.63, 3.8) is 0 Å². The first-order valence-corrected chi connectivity index (χ1v) is 5.82. The summed E-state index contributed by atoms with van der Waals surface area (Å²) in [4.78, 5) is 3.43. The molecule has 1 atom stereocenters. The van der Waals surface area contributed by atoms with Crippen LogP contribution in [0.3, 0.4) is 0 Å². The van der Waals surface area contributed by atoms with E-state index in [2.05, 4.69) is 10.3 Å². The van der Waals surface area contributed by atoms with E-state index in [4.69, 9.17) is 4.74 Å². The van der Waals surface area contributed by atoms with Crippen molar-refractivity contribution in [2.75, 3.05) is 20.2 Å². The minimum atomic E-state index is -4.43. The lowest BCUT2D eigenvalue weighted by atomic mass is 9.99. The molecular formula is C12H15F3N2O. The Morgan fingerprint density at radius 3 is 2.78 bits per heavy atom. The summed E-state index contributed by atoms with van der Waals surface area (Å²) in [5, 5.41) is 3.20. The Kier molecular flexibility index (Phi) is 3.75. The lowest BCUT2D eigenvalue weighted by Crippen LogP contribution is -2.13. The van der Waals surface area contributed by atoms with Gasteiger partial charge in [-0.3, -0.25) is 0 Å². The number of alkyl halides is 3. The van der Waals surface area contributed by atoms with Crippen molar-refractivity contribution in [1.82, 2.24) is 10.3 Å². The standard InChI is InChI=1S/C12H15F3N2O/c1-18-11-6-9(4-8-2-3-16-7-8)5-10(17-11)12(13,14)15/h5-6,8,16H,2-4,7H2,1H3/t8-/m1/s1. The average Bonchev–Trinajstić information content (AvgIpc) is 2.80. The van der Waals surface area contributed by atoms with Gasteiger partial charge in [0.05, 0.1) is 7.11 Å². The molecule has 0 saturated carbocycles. The highest BCUT2D eigenvalue weighted by molar-refractivity contribution is 5.27. The molecule has 100 valence electrons. The van der Waals surface area contributed by atoms with Crippen LogP contribution in [0.25, 0.3) is 0 Å². The number of nitrogens with zero attached hydrogens (tertiary/aromatic N) is 1. The number of rotatable bonds is 3. The molecule has 0 bridgehead atoms. The summed E-state index contributed by atoms with van der Waals surface area (Å²) in [6.07, 6.45) is -2.82. The summed E-state index contributed by atoms with van der Waals surface area (Å²) in [5.41, 5.74) is -0.259. The summed E-state index contributed by atoms with van der Waals surface area (Å²) < 4.78 is 42.8. The quantitative estimate of drug-likeness (QED) is 0.905. The Balaban J connectivity index is 2.23. The largest absolute Gasteiger partial charge is 0.481 e. The predicted molar refractivity (Wildman–Crippen MR) is 60.5 cm³/mol. The van der Waals surface area contributed by atoms with E-state index in [9.17, 15) is 13.2 Å². The van der Waals surface area contributed by atoms with Crippen LogP contribution >= 0.6 is 0 Å². The number of methoxy groups -OCH3 is 1. The van der Waals surface area contributed by atoms with Crippen molar-refractivity contribution in [3.8, 4) is 5.88 Å². The van der Waals surface area contributed by atoms with Gasteiger partial charge in [-0.15, -0.1) is 0 Å². The molecular weight excluding hydrogens is 245 g/mol. The molecule has 1 saturated heterocycles. The first-order valence-electron chi connectivity index (χ1n) is 5.82. The van der Waals surface area contributed by atoms with Gasteiger partial charge in [-0.25, -0.2) is 4.98 Å². The molecule has 0 aromatic carbocycles. The van der Waals surface area contributed by atoms with E-state index in [1.54, 1.807) is 6.07 Å². The van der Waals surface area contributed by atoms with Gasteiger partial charge in [-0.2, -0.15) is 13.2 Å². The third-order valence-corrected chi connectivity index (χ3v) is 3.05. The fourth-order valence-corrected chi connectivity index (χ4v) is 2.15. The summed E-state index contributed by atoms with van der Waals surface area (Å²) in [6.45, 7) is 1.78. The highest BCUT2D eigenvalue weighted by Gasteiger charge is 2.33. The Morgan fingerprint density at radius 1 is 1.44 bits per heavy atom. The summed E-state index contributed by atoms with van der Waals surface area (Å²) in [7, 11) is 1.32. The smallest absolute Gasteiger partial charge is 0.433 e. The lowest BCUT2D eigenvalue weighted by molar-refractivity contribution is -0.141. The number of hydrogen-bond donors (Lipinski definition) is 1. The normalized spacial score (nSPS) is 20.1. The number of halogens is 3. The molecule has 0 unspecified atom stereocenters. The van der Waals surface area contributed by atoms with E-state index < -0.39 is 11.9 Å². The Labute approximate surface area is 103 Å². The minimum absolute atomic E-state index is 0.0192. The second kappa shape index (κ2) is 5.14. The van der Waals surface area contributed by atoms with Crippen LogP contribution in [-0.2, 0) is 12.6 Å². The molecule has 0 amide bonds. The van der Waals surface area contributed by atoms with Crippen LogP contribution in [0, 0.1) is 5.92 Å². The molecule has 1 fully saturated rings. The van der Waals surface area contributed by atoms with Crippen molar-refractivity contribution in [1.29, 1.82) is 0 Å². The fraction of sp³-hybridized carbons (Fsp3) is 0.583. The van der Waals surface area contributed by atoms with E-state index in [-0.39, 0.29) is 5.88 Å². The fourth-order valence-electron chi connectivity index (χ4n) is 2.15. The van der Waals surface area contributed by atoms with E-state index in [0.717, 1.165) is 25.6 Å². The van der Waals surface area contributed by atoms with E-state index in [1.807, 2.05) is 0 Å². The van der Waals surface area contributed by atoms with E-state index in [1.165, 1.54) is 7.11 Å². The zero-order valence-corrected chi connectivity index (χ0v) is 10.0. The van der Waals surface area contributed by atoms with Crippen LogP contribution in [0.2, 0.25) is 0 Å². The third-order valence-electron chi connectivity index (χ3n) is 3.05. The molecule has 1 aliphatic heterocycles. The van der Waals surface area contributed by atoms with Crippen molar-refractivity contribution in [2.45, 2.75) is 19.0 Å². The Morgan fingerprint density at radius 2 is 2.22 bits per heavy atom. The van der Waals surface area contributed by atoms with Gasteiger partial charge in [0.15, 0.2) is 0 Å². The van der Waals surface area contributed by atoms with Crippen LogP contribution in [0.5, 0.6) is 5.88 Å². The zero-order chi connectivity index (χ0) is 13.2.